The highest BCUT2D eigenvalue weighted by Crippen LogP contribution is 2.27. The van der Waals surface area contributed by atoms with Crippen LogP contribution in [-0.4, -0.2) is 9.38 Å². The number of aromatic nitrogens is 2. The highest BCUT2D eigenvalue weighted by atomic mass is 15.0. The first-order valence-electron chi connectivity index (χ1n) is 5.13. The minimum Gasteiger partial charge on any atom is -0.382 e. The Morgan fingerprint density at radius 1 is 1.00 bits per heavy atom. The van der Waals surface area contributed by atoms with Crippen LogP contribution in [0, 0.1) is 0 Å². The van der Waals surface area contributed by atoms with Crippen LogP contribution in [0.4, 0.5) is 5.82 Å². The Bertz CT molecular complexity index is 626. The summed E-state index contributed by atoms with van der Waals surface area (Å²) in [5.41, 5.74) is 9.11. The van der Waals surface area contributed by atoms with Crippen molar-refractivity contribution in [1.29, 1.82) is 0 Å². The Morgan fingerprint density at radius 3 is 2.62 bits per heavy atom. The van der Waals surface area contributed by atoms with Gasteiger partial charge in [0.2, 0.25) is 0 Å². The van der Waals surface area contributed by atoms with Gasteiger partial charge in [-0.05, 0) is 11.6 Å². The lowest BCUT2D eigenvalue weighted by molar-refractivity contribution is 1.16. The number of nitrogen functional groups attached to an aromatic ring is 1. The number of hydrogen-bond acceptors (Lipinski definition) is 2. The Morgan fingerprint density at radius 2 is 1.81 bits per heavy atom. The van der Waals surface area contributed by atoms with Gasteiger partial charge in [0.1, 0.15) is 12.1 Å². The third-order valence-electron chi connectivity index (χ3n) is 2.67. The van der Waals surface area contributed by atoms with Gasteiger partial charge in [-0.15, -0.1) is 0 Å². The van der Waals surface area contributed by atoms with E-state index in [9.17, 15) is 0 Å². The van der Waals surface area contributed by atoms with Crippen LogP contribution in [0.3, 0.4) is 0 Å². The summed E-state index contributed by atoms with van der Waals surface area (Å²) in [6.07, 6.45) is 3.68. The number of fused-ring (bicyclic) bond motifs is 1. The normalized spacial score (nSPS) is 10.8. The molecule has 1 aromatic carbocycles. The fourth-order valence-corrected chi connectivity index (χ4v) is 1.93. The van der Waals surface area contributed by atoms with Crippen molar-refractivity contribution in [1.82, 2.24) is 9.38 Å². The summed E-state index contributed by atoms with van der Waals surface area (Å²) in [5.74, 6) is 0.569. The molecule has 0 bridgehead atoms. The molecule has 0 radical (unpaired) electrons. The molecular formula is C13H11N3. The molecule has 0 amide bonds. The molecule has 2 aromatic heterocycles. The molecule has 0 aliphatic heterocycles. The largest absolute Gasteiger partial charge is 0.382 e. The van der Waals surface area contributed by atoms with E-state index in [-0.39, 0.29) is 0 Å². The molecule has 0 spiro atoms. The monoisotopic (exact) mass is 209 g/mol. The van der Waals surface area contributed by atoms with Gasteiger partial charge in [0, 0.05) is 11.8 Å². The predicted molar refractivity (Wildman–Crippen MR) is 65.0 cm³/mol. The van der Waals surface area contributed by atoms with Gasteiger partial charge in [0.15, 0.2) is 0 Å². The van der Waals surface area contributed by atoms with Gasteiger partial charge in [0.25, 0.3) is 0 Å². The van der Waals surface area contributed by atoms with Gasteiger partial charge in [0.05, 0.1) is 5.52 Å². The predicted octanol–water partition coefficient (Wildman–Crippen LogP) is 2.58. The van der Waals surface area contributed by atoms with E-state index in [1.165, 1.54) is 0 Å². The van der Waals surface area contributed by atoms with Crippen molar-refractivity contribution in [2.45, 2.75) is 0 Å². The van der Waals surface area contributed by atoms with Crippen LogP contribution in [0.15, 0.2) is 55.0 Å². The number of rotatable bonds is 1. The molecule has 3 rings (SSSR count). The van der Waals surface area contributed by atoms with E-state index in [0.717, 1.165) is 16.6 Å². The Balaban J connectivity index is 2.36. The van der Waals surface area contributed by atoms with Crippen LogP contribution < -0.4 is 5.73 Å². The van der Waals surface area contributed by atoms with Crippen molar-refractivity contribution in [3.05, 3.63) is 55.0 Å². The standard InChI is InChI=1S/C13H11N3/c14-13-12-11(10-5-2-1-3-6-10)7-4-8-16(12)9-15-13/h1-9H,14H2. The number of anilines is 1. The van der Waals surface area contributed by atoms with E-state index in [0.29, 0.717) is 5.82 Å². The minimum atomic E-state index is 0.569. The van der Waals surface area contributed by atoms with E-state index in [1.807, 2.05) is 34.9 Å². The second-order valence-corrected chi connectivity index (χ2v) is 3.67. The van der Waals surface area contributed by atoms with Gasteiger partial charge in [-0.25, -0.2) is 4.98 Å². The Kier molecular flexibility index (Phi) is 1.90. The molecule has 78 valence electrons. The van der Waals surface area contributed by atoms with Crippen LogP contribution in [0.1, 0.15) is 0 Å². The summed E-state index contributed by atoms with van der Waals surface area (Å²) < 4.78 is 1.94. The average Bonchev–Trinajstić information content (AvgIpc) is 2.73. The molecule has 2 heterocycles. The summed E-state index contributed by atoms with van der Waals surface area (Å²) in [5, 5.41) is 0. The molecule has 0 unspecified atom stereocenters. The van der Waals surface area contributed by atoms with Crippen molar-refractivity contribution in [2.75, 3.05) is 5.73 Å². The van der Waals surface area contributed by atoms with Crippen LogP contribution in [-0.2, 0) is 0 Å². The lowest BCUT2D eigenvalue weighted by atomic mass is 10.1. The summed E-state index contributed by atoms with van der Waals surface area (Å²) in [6, 6.07) is 14.2. The van der Waals surface area contributed by atoms with E-state index in [4.69, 9.17) is 5.73 Å². The van der Waals surface area contributed by atoms with Gasteiger partial charge >= 0.3 is 0 Å². The molecule has 0 aliphatic carbocycles. The minimum absolute atomic E-state index is 0.569. The number of benzene rings is 1. The molecule has 0 aliphatic rings. The van der Waals surface area contributed by atoms with Crippen molar-refractivity contribution in [3.8, 4) is 11.1 Å². The number of nitrogens with zero attached hydrogens (tertiary/aromatic N) is 2. The van der Waals surface area contributed by atoms with Crippen LogP contribution in [0.25, 0.3) is 16.6 Å². The lowest BCUT2D eigenvalue weighted by Crippen LogP contribution is -1.90. The summed E-state index contributed by atoms with van der Waals surface area (Å²) in [4.78, 5) is 4.12. The first-order valence-corrected chi connectivity index (χ1v) is 5.13. The Labute approximate surface area is 93.2 Å². The van der Waals surface area contributed by atoms with Crippen molar-refractivity contribution in [2.24, 2.45) is 0 Å². The Hall–Kier alpha value is -2.29. The number of imidazole rings is 1. The smallest absolute Gasteiger partial charge is 0.150 e. The molecule has 2 N–H and O–H groups in total. The fourth-order valence-electron chi connectivity index (χ4n) is 1.93. The molecule has 3 aromatic rings. The molecule has 3 heteroatoms. The number of hydrogen-bond donors (Lipinski definition) is 1. The SMILES string of the molecule is Nc1ncn2cccc(-c3ccccc3)c12. The maximum absolute atomic E-state index is 5.88. The van der Waals surface area contributed by atoms with Gasteiger partial charge in [-0.3, -0.25) is 0 Å². The zero-order valence-corrected chi connectivity index (χ0v) is 8.67. The van der Waals surface area contributed by atoms with E-state index >= 15 is 0 Å². The molecule has 16 heavy (non-hydrogen) atoms. The third kappa shape index (κ3) is 1.26. The quantitative estimate of drug-likeness (QED) is 0.669. The number of pyridine rings is 1. The number of nitrogens with two attached hydrogens (primary N) is 1. The highest BCUT2D eigenvalue weighted by molar-refractivity contribution is 5.87. The van der Waals surface area contributed by atoms with E-state index in [1.54, 1.807) is 6.33 Å². The van der Waals surface area contributed by atoms with Gasteiger partial charge in [-0.2, -0.15) is 0 Å². The summed E-state index contributed by atoms with van der Waals surface area (Å²) in [6.45, 7) is 0. The maximum Gasteiger partial charge on any atom is 0.150 e. The second-order valence-electron chi connectivity index (χ2n) is 3.67. The second kappa shape index (κ2) is 3.38. The average molecular weight is 209 g/mol. The summed E-state index contributed by atoms with van der Waals surface area (Å²) >= 11 is 0. The fraction of sp³-hybridized carbons (Fsp3) is 0. The first kappa shape index (κ1) is 8.97. The lowest BCUT2D eigenvalue weighted by Gasteiger charge is -2.04. The zero-order valence-electron chi connectivity index (χ0n) is 8.67. The highest BCUT2D eigenvalue weighted by Gasteiger charge is 2.07. The molecular weight excluding hydrogens is 198 g/mol. The van der Waals surface area contributed by atoms with Crippen molar-refractivity contribution < 1.29 is 0 Å². The molecule has 0 atom stereocenters. The van der Waals surface area contributed by atoms with Gasteiger partial charge in [-0.1, -0.05) is 36.4 Å². The topological polar surface area (TPSA) is 43.3 Å². The summed E-state index contributed by atoms with van der Waals surface area (Å²) in [7, 11) is 0. The first-order chi connectivity index (χ1) is 7.86. The van der Waals surface area contributed by atoms with E-state index in [2.05, 4.69) is 23.2 Å². The van der Waals surface area contributed by atoms with Crippen LogP contribution in [0.2, 0.25) is 0 Å². The molecule has 0 saturated heterocycles. The van der Waals surface area contributed by atoms with Crippen LogP contribution in [0.5, 0.6) is 0 Å². The third-order valence-corrected chi connectivity index (χ3v) is 2.67. The van der Waals surface area contributed by atoms with Crippen molar-refractivity contribution >= 4 is 11.3 Å². The molecule has 0 saturated carbocycles. The molecule has 0 fully saturated rings. The molecule has 3 nitrogen and oxygen atoms in total. The van der Waals surface area contributed by atoms with E-state index < -0.39 is 0 Å². The van der Waals surface area contributed by atoms with Crippen molar-refractivity contribution in [3.63, 3.8) is 0 Å². The van der Waals surface area contributed by atoms with Gasteiger partial charge < -0.3 is 10.1 Å². The zero-order chi connectivity index (χ0) is 11.0. The van der Waals surface area contributed by atoms with Crippen LogP contribution >= 0.6 is 0 Å². The maximum atomic E-state index is 5.88.